The molecule has 0 aliphatic carbocycles. The van der Waals surface area contributed by atoms with Gasteiger partial charge in [0.25, 0.3) is 0 Å². The van der Waals surface area contributed by atoms with Gasteiger partial charge in [0, 0.05) is 12.3 Å². The average molecular weight is 264 g/mol. The van der Waals surface area contributed by atoms with Crippen molar-refractivity contribution in [2.24, 2.45) is 5.73 Å². The molecule has 0 aliphatic heterocycles. The maximum Gasteiger partial charge on any atom is 0.244 e. The van der Waals surface area contributed by atoms with Crippen LogP contribution in [0, 0.1) is 0 Å². The molecule has 1 rings (SSSR count). The van der Waals surface area contributed by atoms with Crippen molar-refractivity contribution < 1.29 is 9.53 Å². The van der Waals surface area contributed by atoms with Gasteiger partial charge in [-0.05, 0) is 38.0 Å². The summed E-state index contributed by atoms with van der Waals surface area (Å²) in [5, 5.41) is 2.86. The number of hydrogen-bond acceptors (Lipinski definition) is 3. The maximum atomic E-state index is 12.1. The number of benzene rings is 1. The topological polar surface area (TPSA) is 64.4 Å². The summed E-state index contributed by atoms with van der Waals surface area (Å²) in [5.41, 5.74) is 6.97. The zero-order chi connectivity index (χ0) is 14.3. The van der Waals surface area contributed by atoms with Gasteiger partial charge in [-0.2, -0.15) is 0 Å². The lowest BCUT2D eigenvalue weighted by molar-refractivity contribution is -0.120. The Bertz CT molecular complexity index is 416. The van der Waals surface area contributed by atoms with Crippen molar-refractivity contribution >= 4 is 11.6 Å². The van der Waals surface area contributed by atoms with Crippen molar-refractivity contribution in [3.8, 4) is 0 Å². The van der Waals surface area contributed by atoms with Gasteiger partial charge in [-0.3, -0.25) is 4.79 Å². The first-order valence-electron chi connectivity index (χ1n) is 6.76. The standard InChI is InChI=1S/C15H24N2O2/c1-4-9-15(3,16)14(18)17-13-8-6-7-12(10-13)11-19-5-2/h6-8,10H,4-5,9,11,16H2,1-3H3,(H,17,18). The van der Waals surface area contributed by atoms with Gasteiger partial charge in [0.1, 0.15) is 0 Å². The molecule has 0 fully saturated rings. The molecule has 1 aromatic carbocycles. The molecule has 0 aromatic heterocycles. The summed E-state index contributed by atoms with van der Waals surface area (Å²) in [7, 11) is 0. The van der Waals surface area contributed by atoms with Crippen molar-refractivity contribution in [2.75, 3.05) is 11.9 Å². The first-order chi connectivity index (χ1) is 8.99. The monoisotopic (exact) mass is 264 g/mol. The summed E-state index contributed by atoms with van der Waals surface area (Å²) in [6.45, 7) is 6.95. The highest BCUT2D eigenvalue weighted by Crippen LogP contribution is 2.15. The molecule has 1 unspecified atom stereocenters. The molecule has 0 saturated heterocycles. The second-order valence-electron chi connectivity index (χ2n) is 4.96. The summed E-state index contributed by atoms with van der Waals surface area (Å²) >= 11 is 0. The SMILES string of the molecule is CCCC(C)(N)C(=O)Nc1cccc(COCC)c1. The molecule has 1 aromatic rings. The van der Waals surface area contributed by atoms with Crippen molar-refractivity contribution in [2.45, 2.75) is 45.8 Å². The Kier molecular flexibility index (Phi) is 5.99. The number of amides is 1. The van der Waals surface area contributed by atoms with Crippen LogP contribution in [0.25, 0.3) is 0 Å². The minimum atomic E-state index is -0.829. The van der Waals surface area contributed by atoms with E-state index in [0.29, 0.717) is 19.6 Å². The molecule has 0 radical (unpaired) electrons. The van der Waals surface area contributed by atoms with E-state index in [9.17, 15) is 4.79 Å². The summed E-state index contributed by atoms with van der Waals surface area (Å²) in [4.78, 5) is 12.1. The third-order valence-corrected chi connectivity index (χ3v) is 2.95. The third kappa shape index (κ3) is 5.01. The lowest BCUT2D eigenvalue weighted by Gasteiger charge is -2.23. The lowest BCUT2D eigenvalue weighted by atomic mass is 9.96. The third-order valence-electron chi connectivity index (χ3n) is 2.95. The zero-order valence-corrected chi connectivity index (χ0v) is 12.0. The van der Waals surface area contributed by atoms with E-state index in [1.165, 1.54) is 0 Å². The predicted octanol–water partition coefficient (Wildman–Crippen LogP) is 2.68. The van der Waals surface area contributed by atoms with Gasteiger partial charge in [-0.25, -0.2) is 0 Å². The largest absolute Gasteiger partial charge is 0.377 e. The van der Waals surface area contributed by atoms with E-state index in [4.69, 9.17) is 10.5 Å². The fraction of sp³-hybridized carbons (Fsp3) is 0.533. The predicted molar refractivity (Wildman–Crippen MR) is 77.9 cm³/mol. The van der Waals surface area contributed by atoms with Gasteiger partial charge < -0.3 is 15.8 Å². The van der Waals surface area contributed by atoms with Gasteiger partial charge in [-0.15, -0.1) is 0 Å². The molecule has 0 bridgehead atoms. The Balaban J connectivity index is 2.68. The number of anilines is 1. The highest BCUT2D eigenvalue weighted by atomic mass is 16.5. The first-order valence-corrected chi connectivity index (χ1v) is 6.76. The van der Waals surface area contributed by atoms with Gasteiger partial charge in [-0.1, -0.05) is 25.5 Å². The number of ether oxygens (including phenoxy) is 1. The van der Waals surface area contributed by atoms with Crippen LogP contribution in [0.2, 0.25) is 0 Å². The number of nitrogens with one attached hydrogen (secondary N) is 1. The van der Waals surface area contributed by atoms with Crippen LogP contribution in [0.15, 0.2) is 24.3 Å². The van der Waals surface area contributed by atoms with E-state index >= 15 is 0 Å². The normalized spacial score (nSPS) is 13.9. The van der Waals surface area contributed by atoms with Gasteiger partial charge in [0.05, 0.1) is 12.1 Å². The number of carbonyl (C=O) groups excluding carboxylic acids is 1. The summed E-state index contributed by atoms with van der Waals surface area (Å²) in [6, 6.07) is 7.64. The van der Waals surface area contributed by atoms with Crippen molar-refractivity contribution in [3.63, 3.8) is 0 Å². The number of rotatable bonds is 7. The molecule has 19 heavy (non-hydrogen) atoms. The van der Waals surface area contributed by atoms with Crippen molar-refractivity contribution in [3.05, 3.63) is 29.8 Å². The summed E-state index contributed by atoms with van der Waals surface area (Å²) in [6.07, 6.45) is 1.54. The Hall–Kier alpha value is -1.39. The van der Waals surface area contributed by atoms with E-state index in [2.05, 4.69) is 5.32 Å². The fourth-order valence-electron chi connectivity index (χ4n) is 1.87. The molecule has 1 amide bonds. The van der Waals surface area contributed by atoms with Gasteiger partial charge in [0.2, 0.25) is 5.91 Å². The van der Waals surface area contributed by atoms with E-state index < -0.39 is 5.54 Å². The van der Waals surface area contributed by atoms with E-state index in [1.54, 1.807) is 6.92 Å². The quantitative estimate of drug-likeness (QED) is 0.795. The lowest BCUT2D eigenvalue weighted by Crippen LogP contribution is -2.48. The summed E-state index contributed by atoms with van der Waals surface area (Å²) < 4.78 is 5.35. The molecule has 106 valence electrons. The highest BCUT2D eigenvalue weighted by Gasteiger charge is 2.27. The van der Waals surface area contributed by atoms with E-state index in [-0.39, 0.29) is 5.91 Å². The van der Waals surface area contributed by atoms with Crippen LogP contribution >= 0.6 is 0 Å². The van der Waals surface area contributed by atoms with Crippen molar-refractivity contribution in [1.29, 1.82) is 0 Å². The van der Waals surface area contributed by atoms with Crippen LogP contribution in [0.3, 0.4) is 0 Å². The molecule has 3 N–H and O–H groups in total. The second kappa shape index (κ2) is 7.26. The van der Waals surface area contributed by atoms with Gasteiger partial charge in [0.15, 0.2) is 0 Å². The molecule has 0 saturated carbocycles. The minimum absolute atomic E-state index is 0.150. The van der Waals surface area contributed by atoms with Gasteiger partial charge >= 0.3 is 0 Å². The molecule has 4 nitrogen and oxygen atoms in total. The van der Waals surface area contributed by atoms with Crippen LogP contribution in [0.5, 0.6) is 0 Å². The Morgan fingerprint density at radius 1 is 1.42 bits per heavy atom. The van der Waals surface area contributed by atoms with Crippen LogP contribution in [0.4, 0.5) is 5.69 Å². The highest BCUT2D eigenvalue weighted by molar-refractivity contribution is 5.97. The molecule has 0 aliphatic rings. The minimum Gasteiger partial charge on any atom is -0.377 e. The number of hydrogen-bond donors (Lipinski definition) is 2. The Morgan fingerprint density at radius 2 is 2.16 bits per heavy atom. The van der Waals surface area contributed by atoms with Crippen LogP contribution in [-0.4, -0.2) is 18.1 Å². The molecule has 1 atom stereocenters. The Labute approximate surface area is 115 Å². The van der Waals surface area contributed by atoms with Crippen LogP contribution in [0.1, 0.15) is 39.2 Å². The number of nitrogens with two attached hydrogens (primary N) is 1. The van der Waals surface area contributed by atoms with Crippen LogP contribution < -0.4 is 11.1 Å². The smallest absolute Gasteiger partial charge is 0.244 e. The molecule has 0 spiro atoms. The summed E-state index contributed by atoms with van der Waals surface area (Å²) in [5.74, 6) is -0.150. The molecular formula is C15H24N2O2. The zero-order valence-electron chi connectivity index (χ0n) is 12.0. The van der Waals surface area contributed by atoms with E-state index in [0.717, 1.165) is 17.7 Å². The van der Waals surface area contributed by atoms with Crippen molar-refractivity contribution in [1.82, 2.24) is 0 Å². The van der Waals surface area contributed by atoms with E-state index in [1.807, 2.05) is 38.1 Å². The molecular weight excluding hydrogens is 240 g/mol. The first kappa shape index (κ1) is 15.7. The molecule has 0 heterocycles. The molecule has 4 heteroatoms. The average Bonchev–Trinajstić information content (AvgIpc) is 2.36. The fourth-order valence-corrected chi connectivity index (χ4v) is 1.87. The Morgan fingerprint density at radius 3 is 2.79 bits per heavy atom. The number of carbonyl (C=O) groups is 1. The second-order valence-corrected chi connectivity index (χ2v) is 4.96. The maximum absolute atomic E-state index is 12.1. The van der Waals surface area contributed by atoms with Crippen LogP contribution in [-0.2, 0) is 16.1 Å².